The summed E-state index contributed by atoms with van der Waals surface area (Å²) in [4.78, 5) is 54.0. The first-order valence-corrected chi connectivity index (χ1v) is 15.1. The van der Waals surface area contributed by atoms with Crippen LogP contribution in [0.1, 0.15) is 108 Å². The molecular weight excluding hydrogens is 540 g/mol. The predicted molar refractivity (Wildman–Crippen MR) is 157 cm³/mol. The van der Waals surface area contributed by atoms with Crippen LogP contribution in [-0.2, 0) is 14.3 Å². The van der Waals surface area contributed by atoms with Crippen LogP contribution in [0.2, 0.25) is 0 Å². The summed E-state index contributed by atoms with van der Waals surface area (Å²) in [7, 11) is 0. The zero-order valence-electron chi connectivity index (χ0n) is 26.1. The molecule has 1 saturated heterocycles. The molecular formula is C32H48N2O8. The number of carbonyl (C=O) groups is 4. The highest BCUT2D eigenvalue weighted by atomic mass is 16.5. The zero-order chi connectivity index (χ0) is 31.5. The number of benzene rings is 1. The maximum atomic E-state index is 13.2. The van der Waals surface area contributed by atoms with Gasteiger partial charge in [-0.3, -0.25) is 9.69 Å². The maximum absolute atomic E-state index is 13.2. The molecule has 1 aliphatic heterocycles. The fraction of sp³-hybridized carbons (Fsp3) is 0.688. The minimum atomic E-state index is -1.21. The third-order valence-corrected chi connectivity index (χ3v) is 9.52. The highest BCUT2D eigenvalue weighted by molar-refractivity contribution is 6.07. The summed E-state index contributed by atoms with van der Waals surface area (Å²) >= 11 is 0. The van der Waals surface area contributed by atoms with Crippen molar-refractivity contribution in [3.63, 3.8) is 0 Å². The Kier molecular flexibility index (Phi) is 10.5. The first kappa shape index (κ1) is 33.5. The molecule has 234 valence electrons. The van der Waals surface area contributed by atoms with Gasteiger partial charge in [0.25, 0.3) is 5.91 Å². The van der Waals surface area contributed by atoms with Gasteiger partial charge in [0.15, 0.2) is 0 Å². The maximum Gasteiger partial charge on any atom is 0.338 e. The van der Waals surface area contributed by atoms with Crippen molar-refractivity contribution in [2.24, 2.45) is 11.3 Å². The standard InChI is InChI=1S/C32H48N2O8/c1-8-31(6,23-15-16-23)17-24(35)19-41-26(37)21-11-13-22(14-12-21)27(38)42-20-25(36)18-33-29(40)34(28(39)30(33,4)5)32(7,9-2)10-3/h11-14,23-25,35-36H,8-10,15-20H2,1-7H3. The summed E-state index contributed by atoms with van der Waals surface area (Å²) in [6, 6.07) is 5.24. The van der Waals surface area contributed by atoms with Gasteiger partial charge in [0.05, 0.1) is 23.8 Å². The van der Waals surface area contributed by atoms with Crippen molar-refractivity contribution in [3.8, 4) is 0 Å². The Morgan fingerprint density at radius 3 is 1.81 bits per heavy atom. The molecule has 10 heteroatoms. The van der Waals surface area contributed by atoms with Crippen LogP contribution in [0.4, 0.5) is 4.79 Å². The van der Waals surface area contributed by atoms with Crippen molar-refractivity contribution >= 4 is 23.9 Å². The average molecular weight is 589 g/mol. The third kappa shape index (κ3) is 7.14. The van der Waals surface area contributed by atoms with Crippen LogP contribution in [0.15, 0.2) is 24.3 Å². The molecule has 0 radical (unpaired) electrons. The molecule has 0 aromatic heterocycles. The second-order valence-corrected chi connectivity index (χ2v) is 12.9. The van der Waals surface area contributed by atoms with E-state index in [1.165, 1.54) is 46.9 Å². The molecule has 3 atom stereocenters. The van der Waals surface area contributed by atoms with Crippen LogP contribution < -0.4 is 0 Å². The van der Waals surface area contributed by atoms with Crippen LogP contribution in [-0.4, -0.2) is 86.9 Å². The number of hydrogen-bond acceptors (Lipinski definition) is 8. The Morgan fingerprint density at radius 1 is 0.905 bits per heavy atom. The second kappa shape index (κ2) is 13.1. The lowest BCUT2D eigenvalue weighted by Crippen LogP contribution is -2.50. The van der Waals surface area contributed by atoms with E-state index >= 15 is 0 Å². The molecule has 1 aliphatic carbocycles. The Labute approximate surface area is 249 Å². The van der Waals surface area contributed by atoms with Crippen LogP contribution in [0.25, 0.3) is 0 Å². The van der Waals surface area contributed by atoms with E-state index in [-0.39, 0.29) is 42.2 Å². The molecule has 0 spiro atoms. The molecule has 0 bridgehead atoms. The average Bonchev–Trinajstić information content (AvgIpc) is 3.81. The number of carbonyl (C=O) groups excluding carboxylic acids is 4. The minimum Gasteiger partial charge on any atom is -0.459 e. The SMILES string of the molecule is CCC(C)(CC(O)COC(=O)c1ccc(C(=O)OCC(O)CN2C(=O)N(C(C)(CC)CC)C(=O)C2(C)C)cc1)C1CC1. The quantitative estimate of drug-likeness (QED) is 0.225. The van der Waals surface area contributed by atoms with Gasteiger partial charge >= 0.3 is 18.0 Å². The van der Waals surface area contributed by atoms with E-state index in [1.807, 2.05) is 20.8 Å². The number of imide groups is 1. The van der Waals surface area contributed by atoms with E-state index in [0.29, 0.717) is 25.2 Å². The molecule has 1 heterocycles. The minimum absolute atomic E-state index is 0.0465. The molecule has 2 N–H and O–H groups in total. The van der Waals surface area contributed by atoms with E-state index in [2.05, 4.69) is 13.8 Å². The summed E-state index contributed by atoms with van der Waals surface area (Å²) in [6.07, 6.45) is 3.13. The van der Waals surface area contributed by atoms with Crippen LogP contribution in [0.3, 0.4) is 0 Å². The van der Waals surface area contributed by atoms with Crippen molar-refractivity contribution in [2.45, 2.75) is 110 Å². The topological polar surface area (TPSA) is 134 Å². The first-order chi connectivity index (χ1) is 19.6. The molecule has 42 heavy (non-hydrogen) atoms. The van der Waals surface area contributed by atoms with Crippen LogP contribution >= 0.6 is 0 Å². The molecule has 2 fully saturated rings. The number of esters is 2. The highest BCUT2D eigenvalue weighted by Gasteiger charge is 2.56. The summed E-state index contributed by atoms with van der Waals surface area (Å²) in [6.45, 7) is 12.6. The van der Waals surface area contributed by atoms with Gasteiger partial charge in [0.1, 0.15) is 24.9 Å². The lowest BCUT2D eigenvalue weighted by atomic mass is 9.77. The summed E-state index contributed by atoms with van der Waals surface area (Å²) in [5, 5.41) is 21.0. The fourth-order valence-corrected chi connectivity index (χ4v) is 5.68. The van der Waals surface area contributed by atoms with Crippen molar-refractivity contribution in [1.29, 1.82) is 0 Å². The largest absolute Gasteiger partial charge is 0.459 e. The Balaban J connectivity index is 1.50. The van der Waals surface area contributed by atoms with Gasteiger partial charge in [-0.15, -0.1) is 0 Å². The zero-order valence-corrected chi connectivity index (χ0v) is 26.1. The highest BCUT2D eigenvalue weighted by Crippen LogP contribution is 2.50. The number of urea groups is 1. The lowest BCUT2D eigenvalue weighted by Gasteiger charge is -2.35. The number of β-amino-alcohol motifs (C(OH)–C–C–N with tert-alkyl or cyclic N) is 1. The number of amides is 3. The Hall–Kier alpha value is -2.98. The second-order valence-electron chi connectivity index (χ2n) is 12.9. The van der Waals surface area contributed by atoms with Crippen LogP contribution in [0.5, 0.6) is 0 Å². The fourth-order valence-electron chi connectivity index (χ4n) is 5.68. The monoisotopic (exact) mass is 588 g/mol. The molecule has 10 nitrogen and oxygen atoms in total. The molecule has 2 aliphatic rings. The number of nitrogens with zero attached hydrogens (tertiary/aromatic N) is 2. The number of rotatable bonds is 15. The van der Waals surface area contributed by atoms with E-state index < -0.39 is 41.3 Å². The molecule has 3 unspecified atom stereocenters. The van der Waals surface area contributed by atoms with Gasteiger partial charge in [0.2, 0.25) is 0 Å². The molecule has 1 aromatic carbocycles. The van der Waals surface area contributed by atoms with Crippen molar-refractivity contribution in [3.05, 3.63) is 35.4 Å². The Morgan fingerprint density at radius 2 is 1.38 bits per heavy atom. The molecule has 3 rings (SSSR count). The van der Waals surface area contributed by atoms with E-state index in [9.17, 15) is 29.4 Å². The van der Waals surface area contributed by atoms with E-state index in [0.717, 1.165) is 6.42 Å². The summed E-state index contributed by atoms with van der Waals surface area (Å²) in [5.74, 6) is -1.02. The molecule has 1 aromatic rings. The normalized spacial score (nSPS) is 19.8. The Bertz CT molecular complexity index is 1140. The van der Waals surface area contributed by atoms with Gasteiger partial charge in [0, 0.05) is 5.54 Å². The van der Waals surface area contributed by atoms with Crippen molar-refractivity contribution in [1.82, 2.24) is 9.80 Å². The van der Waals surface area contributed by atoms with E-state index in [4.69, 9.17) is 9.47 Å². The number of ether oxygens (including phenoxy) is 2. The summed E-state index contributed by atoms with van der Waals surface area (Å²) in [5.41, 5.74) is -1.34. The van der Waals surface area contributed by atoms with Gasteiger partial charge in [-0.1, -0.05) is 34.1 Å². The first-order valence-electron chi connectivity index (χ1n) is 15.1. The van der Waals surface area contributed by atoms with Gasteiger partial charge < -0.3 is 24.6 Å². The molecule has 1 saturated carbocycles. The smallest absolute Gasteiger partial charge is 0.338 e. The molecule has 3 amide bonds. The van der Waals surface area contributed by atoms with Gasteiger partial charge in [-0.05, 0) is 88.5 Å². The van der Waals surface area contributed by atoms with Crippen LogP contribution in [0, 0.1) is 11.3 Å². The van der Waals surface area contributed by atoms with Crippen molar-refractivity contribution in [2.75, 3.05) is 19.8 Å². The summed E-state index contributed by atoms with van der Waals surface area (Å²) < 4.78 is 10.6. The number of hydrogen-bond donors (Lipinski definition) is 2. The predicted octanol–water partition coefficient (Wildman–Crippen LogP) is 4.56. The van der Waals surface area contributed by atoms with Gasteiger partial charge in [-0.25, -0.2) is 14.4 Å². The number of aliphatic hydroxyl groups is 2. The lowest BCUT2D eigenvalue weighted by molar-refractivity contribution is -0.136. The number of aliphatic hydroxyl groups excluding tert-OH is 2. The van der Waals surface area contributed by atoms with E-state index in [1.54, 1.807) is 13.8 Å². The van der Waals surface area contributed by atoms with Crippen molar-refractivity contribution < 1.29 is 38.9 Å². The van der Waals surface area contributed by atoms with Gasteiger partial charge in [-0.2, -0.15) is 0 Å². The third-order valence-electron chi connectivity index (χ3n) is 9.52.